The normalized spacial score (nSPS) is 12.0. The van der Waals surface area contributed by atoms with E-state index < -0.39 is 0 Å². The molecule has 0 saturated heterocycles. The molecule has 18 heavy (non-hydrogen) atoms. The predicted molar refractivity (Wildman–Crippen MR) is 72.7 cm³/mol. The Bertz CT molecular complexity index is 391. The van der Waals surface area contributed by atoms with Gasteiger partial charge in [-0.1, -0.05) is 12.1 Å². The van der Waals surface area contributed by atoms with Crippen LogP contribution in [0.5, 0.6) is 5.75 Å². The predicted octanol–water partition coefficient (Wildman–Crippen LogP) is 1.61. The van der Waals surface area contributed by atoms with Gasteiger partial charge < -0.3 is 15.4 Å². The zero-order chi connectivity index (χ0) is 13.5. The summed E-state index contributed by atoms with van der Waals surface area (Å²) in [5.41, 5.74) is 6.53. The molecule has 0 fully saturated rings. The molecule has 0 aliphatic rings. The van der Waals surface area contributed by atoms with E-state index in [4.69, 9.17) is 10.5 Å². The second-order valence-corrected chi connectivity index (χ2v) is 4.49. The Morgan fingerprint density at radius 1 is 1.44 bits per heavy atom. The summed E-state index contributed by atoms with van der Waals surface area (Å²) in [6, 6.07) is 7.67. The van der Waals surface area contributed by atoms with Crippen LogP contribution in [-0.2, 0) is 4.79 Å². The van der Waals surface area contributed by atoms with Crippen LogP contribution in [0.2, 0.25) is 0 Å². The van der Waals surface area contributed by atoms with Gasteiger partial charge in [0.15, 0.2) is 0 Å². The van der Waals surface area contributed by atoms with Gasteiger partial charge in [-0.2, -0.15) is 0 Å². The van der Waals surface area contributed by atoms with Crippen molar-refractivity contribution in [2.75, 3.05) is 27.7 Å². The first-order chi connectivity index (χ1) is 8.60. The molecule has 1 amide bonds. The van der Waals surface area contributed by atoms with Gasteiger partial charge in [0.05, 0.1) is 13.0 Å². The summed E-state index contributed by atoms with van der Waals surface area (Å²) in [6.45, 7) is 0.598. The molecule has 0 bridgehead atoms. The molecule has 2 N–H and O–H groups in total. The molecular weight excluding hydrogens is 228 g/mol. The number of nitrogens with zero attached hydrogens (tertiary/aromatic N) is 1. The minimum atomic E-state index is -0.140. The van der Waals surface area contributed by atoms with E-state index in [9.17, 15) is 4.79 Å². The Labute approximate surface area is 109 Å². The minimum absolute atomic E-state index is 0.108. The van der Waals surface area contributed by atoms with Crippen molar-refractivity contribution < 1.29 is 9.53 Å². The summed E-state index contributed by atoms with van der Waals surface area (Å²) in [5, 5.41) is 0. The third-order valence-electron chi connectivity index (χ3n) is 2.93. The van der Waals surface area contributed by atoms with Crippen molar-refractivity contribution in [1.82, 2.24) is 4.90 Å². The standard InChI is InChI=1S/C14H22N2O2/c1-16(2)14(17)13(8-5-9-15)11-6-4-7-12(10-11)18-3/h4,6-7,10,13H,5,8-9,15H2,1-3H3. The van der Waals surface area contributed by atoms with E-state index in [1.54, 1.807) is 26.1 Å². The first kappa shape index (κ1) is 14.5. The van der Waals surface area contributed by atoms with Crippen molar-refractivity contribution in [3.63, 3.8) is 0 Å². The fourth-order valence-corrected chi connectivity index (χ4v) is 1.92. The highest BCUT2D eigenvalue weighted by Gasteiger charge is 2.21. The molecule has 1 unspecified atom stereocenters. The fourth-order valence-electron chi connectivity index (χ4n) is 1.92. The zero-order valence-electron chi connectivity index (χ0n) is 11.3. The summed E-state index contributed by atoms with van der Waals surface area (Å²) < 4.78 is 5.20. The first-order valence-electron chi connectivity index (χ1n) is 6.15. The number of nitrogens with two attached hydrogens (primary N) is 1. The minimum Gasteiger partial charge on any atom is -0.497 e. The van der Waals surface area contributed by atoms with Crippen LogP contribution in [0.15, 0.2) is 24.3 Å². The summed E-state index contributed by atoms with van der Waals surface area (Å²) in [5.74, 6) is 0.743. The average molecular weight is 250 g/mol. The van der Waals surface area contributed by atoms with E-state index in [1.807, 2.05) is 24.3 Å². The fraction of sp³-hybridized carbons (Fsp3) is 0.500. The molecule has 0 aromatic heterocycles. The van der Waals surface area contributed by atoms with E-state index >= 15 is 0 Å². The molecule has 4 nitrogen and oxygen atoms in total. The van der Waals surface area contributed by atoms with Crippen LogP contribution in [0.4, 0.5) is 0 Å². The maximum Gasteiger partial charge on any atom is 0.229 e. The van der Waals surface area contributed by atoms with Gasteiger partial charge in [-0.3, -0.25) is 4.79 Å². The van der Waals surface area contributed by atoms with E-state index in [0.717, 1.165) is 24.2 Å². The Balaban J connectivity index is 2.96. The molecule has 1 aromatic carbocycles. The van der Waals surface area contributed by atoms with Gasteiger partial charge in [-0.25, -0.2) is 0 Å². The van der Waals surface area contributed by atoms with Crippen molar-refractivity contribution in [3.05, 3.63) is 29.8 Å². The topological polar surface area (TPSA) is 55.6 Å². The number of ether oxygens (including phenoxy) is 1. The summed E-state index contributed by atoms with van der Waals surface area (Å²) in [7, 11) is 5.18. The highest BCUT2D eigenvalue weighted by Crippen LogP contribution is 2.26. The van der Waals surface area contributed by atoms with Crippen LogP contribution in [0.25, 0.3) is 0 Å². The van der Waals surface area contributed by atoms with Crippen LogP contribution in [-0.4, -0.2) is 38.6 Å². The number of benzene rings is 1. The second-order valence-electron chi connectivity index (χ2n) is 4.49. The lowest BCUT2D eigenvalue weighted by Crippen LogP contribution is -2.28. The van der Waals surface area contributed by atoms with Crippen LogP contribution < -0.4 is 10.5 Å². The highest BCUT2D eigenvalue weighted by atomic mass is 16.5. The van der Waals surface area contributed by atoms with Gasteiger partial charge in [0.25, 0.3) is 0 Å². The number of rotatable bonds is 6. The first-order valence-corrected chi connectivity index (χ1v) is 6.15. The Morgan fingerprint density at radius 3 is 2.72 bits per heavy atom. The van der Waals surface area contributed by atoms with E-state index in [1.165, 1.54) is 0 Å². The van der Waals surface area contributed by atoms with Crippen LogP contribution in [0.1, 0.15) is 24.3 Å². The lowest BCUT2D eigenvalue weighted by atomic mass is 9.93. The number of carbonyl (C=O) groups is 1. The molecule has 0 aliphatic heterocycles. The molecule has 0 spiro atoms. The number of hydrogen-bond acceptors (Lipinski definition) is 3. The van der Waals surface area contributed by atoms with E-state index in [2.05, 4.69) is 0 Å². The summed E-state index contributed by atoms with van der Waals surface area (Å²) in [4.78, 5) is 13.8. The maximum absolute atomic E-state index is 12.2. The third kappa shape index (κ3) is 3.74. The molecular formula is C14H22N2O2. The molecule has 0 aliphatic carbocycles. The Kier molecular flexibility index (Phi) is 5.65. The molecule has 1 rings (SSSR count). The summed E-state index contributed by atoms with van der Waals surface area (Å²) >= 11 is 0. The number of hydrogen-bond donors (Lipinski definition) is 1. The molecule has 100 valence electrons. The lowest BCUT2D eigenvalue weighted by Gasteiger charge is -2.21. The van der Waals surface area contributed by atoms with Crippen LogP contribution in [0.3, 0.4) is 0 Å². The molecule has 0 saturated carbocycles. The maximum atomic E-state index is 12.2. The van der Waals surface area contributed by atoms with E-state index in [-0.39, 0.29) is 11.8 Å². The van der Waals surface area contributed by atoms with Gasteiger partial charge in [-0.15, -0.1) is 0 Å². The lowest BCUT2D eigenvalue weighted by molar-refractivity contribution is -0.130. The van der Waals surface area contributed by atoms with Crippen molar-refractivity contribution in [2.45, 2.75) is 18.8 Å². The SMILES string of the molecule is COc1cccc(C(CCCN)C(=O)N(C)C)c1. The monoisotopic (exact) mass is 250 g/mol. The second kappa shape index (κ2) is 7.01. The van der Waals surface area contributed by atoms with Crippen LogP contribution >= 0.6 is 0 Å². The number of amides is 1. The highest BCUT2D eigenvalue weighted by molar-refractivity contribution is 5.83. The number of methoxy groups -OCH3 is 1. The van der Waals surface area contributed by atoms with E-state index in [0.29, 0.717) is 6.54 Å². The van der Waals surface area contributed by atoms with Crippen molar-refractivity contribution in [1.29, 1.82) is 0 Å². The van der Waals surface area contributed by atoms with Gasteiger partial charge in [0, 0.05) is 14.1 Å². The largest absolute Gasteiger partial charge is 0.497 e. The van der Waals surface area contributed by atoms with Crippen molar-refractivity contribution >= 4 is 5.91 Å². The molecule has 0 radical (unpaired) electrons. The van der Waals surface area contributed by atoms with Gasteiger partial charge >= 0.3 is 0 Å². The van der Waals surface area contributed by atoms with Gasteiger partial charge in [0.1, 0.15) is 5.75 Å². The Hall–Kier alpha value is -1.55. The average Bonchev–Trinajstić information content (AvgIpc) is 2.39. The van der Waals surface area contributed by atoms with Gasteiger partial charge in [0.2, 0.25) is 5.91 Å². The quantitative estimate of drug-likeness (QED) is 0.834. The molecule has 0 heterocycles. The van der Waals surface area contributed by atoms with Crippen molar-refractivity contribution in [3.8, 4) is 5.75 Å². The summed E-state index contributed by atoms with van der Waals surface area (Å²) in [6.07, 6.45) is 1.60. The van der Waals surface area contributed by atoms with Gasteiger partial charge in [-0.05, 0) is 37.1 Å². The molecule has 4 heteroatoms. The number of carbonyl (C=O) groups excluding carboxylic acids is 1. The van der Waals surface area contributed by atoms with Crippen molar-refractivity contribution in [2.24, 2.45) is 5.73 Å². The Morgan fingerprint density at radius 2 is 2.17 bits per heavy atom. The third-order valence-corrected chi connectivity index (χ3v) is 2.93. The molecule has 1 atom stereocenters. The number of likely N-dealkylation sites (N-methyl/N-ethyl adjacent to an activating group) is 1. The smallest absolute Gasteiger partial charge is 0.229 e. The zero-order valence-corrected chi connectivity index (χ0v) is 11.3. The van der Waals surface area contributed by atoms with Crippen LogP contribution in [0, 0.1) is 0 Å². The molecule has 1 aromatic rings.